The van der Waals surface area contributed by atoms with Crippen molar-refractivity contribution in [3.63, 3.8) is 0 Å². The monoisotopic (exact) mass is 335 g/mol. The summed E-state index contributed by atoms with van der Waals surface area (Å²) in [5.74, 6) is 0.133. The molecule has 0 bridgehead atoms. The number of hydrogen-bond acceptors (Lipinski definition) is 4. The smallest absolute Gasteiger partial charge is 0.253 e. The first-order valence-electron chi connectivity index (χ1n) is 8.73. The van der Waals surface area contributed by atoms with Crippen LogP contribution in [-0.2, 0) is 6.67 Å². The van der Waals surface area contributed by atoms with Crippen LogP contribution in [0.1, 0.15) is 29.6 Å². The van der Waals surface area contributed by atoms with Crippen molar-refractivity contribution >= 4 is 22.6 Å². The number of nitrogens with zero attached hydrogens (tertiary/aromatic N) is 4. The summed E-state index contributed by atoms with van der Waals surface area (Å²) in [7, 11) is 0. The van der Waals surface area contributed by atoms with Crippen molar-refractivity contribution in [1.82, 2.24) is 19.9 Å². The number of amides is 1. The standard InChI is InChI=1S/C19H21N5O/c25-19(23-12-4-1-5-13-23)15-8-10-16(11-9-15)20-14-24-18-7-3-2-6-17(18)21-22-24/h2-3,6-11,20H,1,4-5,12-14H2. The zero-order valence-corrected chi connectivity index (χ0v) is 14.1. The Bertz CT molecular complexity index is 865. The van der Waals surface area contributed by atoms with E-state index in [0.717, 1.165) is 48.2 Å². The molecule has 1 N–H and O–H groups in total. The summed E-state index contributed by atoms with van der Waals surface area (Å²) in [6.07, 6.45) is 3.44. The Morgan fingerprint density at radius 1 is 1.00 bits per heavy atom. The summed E-state index contributed by atoms with van der Waals surface area (Å²) in [4.78, 5) is 14.4. The third-order valence-electron chi connectivity index (χ3n) is 4.63. The molecule has 3 aromatic rings. The molecule has 0 saturated carbocycles. The number of fused-ring (bicyclic) bond motifs is 1. The van der Waals surface area contributed by atoms with Crippen molar-refractivity contribution < 1.29 is 4.79 Å². The van der Waals surface area contributed by atoms with Crippen molar-refractivity contribution in [2.75, 3.05) is 18.4 Å². The van der Waals surface area contributed by atoms with Crippen LogP contribution in [-0.4, -0.2) is 38.9 Å². The summed E-state index contributed by atoms with van der Waals surface area (Å²) in [6.45, 7) is 2.27. The molecule has 128 valence electrons. The molecule has 2 aromatic carbocycles. The zero-order chi connectivity index (χ0) is 17.1. The average Bonchev–Trinajstić information content (AvgIpc) is 3.10. The molecule has 1 aliphatic rings. The largest absolute Gasteiger partial charge is 0.366 e. The SMILES string of the molecule is O=C(c1ccc(NCn2nnc3ccccc32)cc1)N1CCCCC1. The highest BCUT2D eigenvalue weighted by molar-refractivity contribution is 5.94. The van der Waals surface area contributed by atoms with Gasteiger partial charge in [-0.1, -0.05) is 17.3 Å². The number of anilines is 1. The van der Waals surface area contributed by atoms with E-state index in [9.17, 15) is 4.79 Å². The normalized spacial score (nSPS) is 14.6. The lowest BCUT2D eigenvalue weighted by atomic mass is 10.1. The van der Waals surface area contributed by atoms with Gasteiger partial charge in [0.05, 0.1) is 5.52 Å². The van der Waals surface area contributed by atoms with Crippen LogP contribution in [0, 0.1) is 0 Å². The van der Waals surface area contributed by atoms with Gasteiger partial charge in [0.25, 0.3) is 5.91 Å². The van der Waals surface area contributed by atoms with Gasteiger partial charge in [0.2, 0.25) is 0 Å². The van der Waals surface area contributed by atoms with Crippen molar-refractivity contribution in [3.05, 3.63) is 54.1 Å². The first-order valence-corrected chi connectivity index (χ1v) is 8.73. The Hall–Kier alpha value is -2.89. The average molecular weight is 335 g/mol. The number of rotatable bonds is 4. The highest BCUT2D eigenvalue weighted by atomic mass is 16.2. The minimum absolute atomic E-state index is 0.133. The second kappa shape index (κ2) is 6.93. The molecule has 0 spiro atoms. The van der Waals surface area contributed by atoms with Gasteiger partial charge < -0.3 is 10.2 Å². The van der Waals surface area contributed by atoms with E-state index in [1.54, 1.807) is 0 Å². The lowest BCUT2D eigenvalue weighted by Crippen LogP contribution is -2.35. The fraction of sp³-hybridized carbons (Fsp3) is 0.316. The van der Waals surface area contributed by atoms with Crippen LogP contribution < -0.4 is 5.32 Å². The number of piperidine rings is 1. The van der Waals surface area contributed by atoms with Gasteiger partial charge in [0, 0.05) is 24.3 Å². The van der Waals surface area contributed by atoms with Gasteiger partial charge >= 0.3 is 0 Å². The molecule has 1 aromatic heterocycles. The third kappa shape index (κ3) is 3.33. The van der Waals surface area contributed by atoms with E-state index in [1.807, 2.05) is 58.1 Å². The van der Waals surface area contributed by atoms with Crippen LogP contribution in [0.2, 0.25) is 0 Å². The van der Waals surface area contributed by atoms with E-state index in [-0.39, 0.29) is 5.91 Å². The lowest BCUT2D eigenvalue weighted by molar-refractivity contribution is 0.0724. The molecule has 1 amide bonds. The highest BCUT2D eigenvalue weighted by Crippen LogP contribution is 2.16. The van der Waals surface area contributed by atoms with Gasteiger partial charge in [-0.05, 0) is 55.7 Å². The number of para-hydroxylation sites is 1. The summed E-state index contributed by atoms with van der Waals surface area (Å²) in [5, 5.41) is 11.6. The molecule has 0 atom stereocenters. The zero-order valence-electron chi connectivity index (χ0n) is 14.1. The minimum Gasteiger partial charge on any atom is -0.366 e. The van der Waals surface area contributed by atoms with Crippen molar-refractivity contribution in [2.24, 2.45) is 0 Å². The molecule has 25 heavy (non-hydrogen) atoms. The van der Waals surface area contributed by atoms with Gasteiger partial charge in [-0.15, -0.1) is 5.10 Å². The van der Waals surface area contributed by atoms with E-state index in [0.29, 0.717) is 6.67 Å². The Labute approximate surface area is 146 Å². The van der Waals surface area contributed by atoms with Crippen LogP contribution >= 0.6 is 0 Å². The van der Waals surface area contributed by atoms with Gasteiger partial charge in [-0.3, -0.25) is 4.79 Å². The second-order valence-corrected chi connectivity index (χ2v) is 6.34. The van der Waals surface area contributed by atoms with Crippen LogP contribution in [0.15, 0.2) is 48.5 Å². The highest BCUT2D eigenvalue weighted by Gasteiger charge is 2.17. The Morgan fingerprint density at radius 3 is 2.56 bits per heavy atom. The molecule has 4 rings (SSSR count). The van der Waals surface area contributed by atoms with E-state index in [2.05, 4.69) is 15.6 Å². The fourth-order valence-electron chi connectivity index (χ4n) is 3.21. The molecule has 1 fully saturated rings. The Balaban J connectivity index is 1.41. The van der Waals surface area contributed by atoms with E-state index >= 15 is 0 Å². The number of benzene rings is 2. The molecule has 1 aliphatic heterocycles. The van der Waals surface area contributed by atoms with Crippen LogP contribution in [0.5, 0.6) is 0 Å². The second-order valence-electron chi connectivity index (χ2n) is 6.34. The molecule has 1 saturated heterocycles. The maximum atomic E-state index is 12.5. The molecular weight excluding hydrogens is 314 g/mol. The van der Waals surface area contributed by atoms with Crippen LogP contribution in [0.4, 0.5) is 5.69 Å². The van der Waals surface area contributed by atoms with Crippen LogP contribution in [0.3, 0.4) is 0 Å². The number of likely N-dealkylation sites (tertiary alicyclic amines) is 1. The summed E-state index contributed by atoms with van der Waals surface area (Å²) in [5.41, 5.74) is 3.58. The number of hydrogen-bond donors (Lipinski definition) is 1. The predicted molar refractivity (Wildman–Crippen MR) is 97.3 cm³/mol. The molecule has 0 radical (unpaired) electrons. The molecular formula is C19H21N5O. The van der Waals surface area contributed by atoms with Gasteiger partial charge in [-0.2, -0.15) is 0 Å². The van der Waals surface area contributed by atoms with Crippen molar-refractivity contribution in [2.45, 2.75) is 25.9 Å². The van der Waals surface area contributed by atoms with E-state index in [1.165, 1.54) is 6.42 Å². The maximum absolute atomic E-state index is 12.5. The van der Waals surface area contributed by atoms with Crippen molar-refractivity contribution in [3.8, 4) is 0 Å². The molecule has 0 aliphatic carbocycles. The number of carbonyl (C=O) groups excluding carboxylic acids is 1. The maximum Gasteiger partial charge on any atom is 0.253 e. The van der Waals surface area contributed by atoms with E-state index < -0.39 is 0 Å². The fourth-order valence-corrected chi connectivity index (χ4v) is 3.21. The molecule has 0 unspecified atom stereocenters. The molecule has 6 nitrogen and oxygen atoms in total. The quantitative estimate of drug-likeness (QED) is 0.796. The number of aromatic nitrogens is 3. The van der Waals surface area contributed by atoms with Crippen molar-refractivity contribution in [1.29, 1.82) is 0 Å². The van der Waals surface area contributed by atoms with Crippen LogP contribution in [0.25, 0.3) is 11.0 Å². The summed E-state index contributed by atoms with van der Waals surface area (Å²) < 4.78 is 1.82. The summed E-state index contributed by atoms with van der Waals surface area (Å²) in [6, 6.07) is 15.5. The first kappa shape index (κ1) is 15.6. The Morgan fingerprint density at radius 2 is 1.76 bits per heavy atom. The Kier molecular flexibility index (Phi) is 4.33. The first-order chi connectivity index (χ1) is 12.3. The van der Waals surface area contributed by atoms with Gasteiger partial charge in [-0.25, -0.2) is 4.68 Å². The molecule has 2 heterocycles. The van der Waals surface area contributed by atoms with Gasteiger partial charge in [0.15, 0.2) is 0 Å². The van der Waals surface area contributed by atoms with Gasteiger partial charge in [0.1, 0.15) is 12.2 Å². The third-order valence-corrected chi connectivity index (χ3v) is 4.63. The number of nitrogens with one attached hydrogen (secondary N) is 1. The summed E-state index contributed by atoms with van der Waals surface area (Å²) >= 11 is 0. The van der Waals surface area contributed by atoms with E-state index in [4.69, 9.17) is 0 Å². The topological polar surface area (TPSA) is 63.1 Å². The minimum atomic E-state index is 0.133. The number of carbonyl (C=O) groups is 1. The lowest BCUT2D eigenvalue weighted by Gasteiger charge is -2.26. The predicted octanol–water partition coefficient (Wildman–Crippen LogP) is 3.13. The molecule has 6 heteroatoms.